The van der Waals surface area contributed by atoms with E-state index in [-0.39, 0.29) is 0 Å². The molecule has 1 aromatic heterocycles. The van der Waals surface area contributed by atoms with Crippen LogP contribution in [0, 0.1) is 0 Å². The number of ether oxygens (including phenoxy) is 1. The SMILES string of the molecule is C=Cc1cc(N)cc(C=C)c1Oc1ccc2[nH]cc(C(C)C)c2c1. The number of benzene rings is 2. The van der Waals surface area contributed by atoms with Gasteiger partial charge in [-0.1, -0.05) is 39.2 Å². The number of aromatic nitrogens is 1. The van der Waals surface area contributed by atoms with Gasteiger partial charge in [-0.3, -0.25) is 0 Å². The molecule has 0 bridgehead atoms. The lowest BCUT2D eigenvalue weighted by Gasteiger charge is -2.14. The van der Waals surface area contributed by atoms with E-state index in [1.165, 1.54) is 10.9 Å². The van der Waals surface area contributed by atoms with Crippen LogP contribution in [0.25, 0.3) is 23.1 Å². The van der Waals surface area contributed by atoms with Crippen LogP contribution in [-0.4, -0.2) is 4.98 Å². The van der Waals surface area contributed by atoms with Gasteiger partial charge in [0, 0.05) is 33.9 Å². The van der Waals surface area contributed by atoms with Gasteiger partial charge in [0.15, 0.2) is 0 Å². The van der Waals surface area contributed by atoms with Gasteiger partial charge in [-0.25, -0.2) is 0 Å². The highest BCUT2D eigenvalue weighted by Crippen LogP contribution is 2.35. The zero-order valence-electron chi connectivity index (χ0n) is 14.1. The molecule has 0 aliphatic heterocycles. The number of fused-ring (bicyclic) bond motifs is 1. The molecule has 3 heteroatoms. The molecule has 0 fully saturated rings. The van der Waals surface area contributed by atoms with E-state index in [1.807, 2.05) is 24.3 Å². The molecule has 3 nitrogen and oxygen atoms in total. The van der Waals surface area contributed by atoms with Gasteiger partial charge in [0.2, 0.25) is 0 Å². The average Bonchev–Trinajstić information content (AvgIpc) is 2.99. The Kier molecular flexibility index (Phi) is 4.17. The second-order valence-corrected chi connectivity index (χ2v) is 6.14. The second kappa shape index (κ2) is 6.28. The maximum absolute atomic E-state index is 6.18. The van der Waals surface area contributed by atoms with Crippen molar-refractivity contribution in [3.05, 3.63) is 66.4 Å². The van der Waals surface area contributed by atoms with E-state index in [9.17, 15) is 0 Å². The molecule has 24 heavy (non-hydrogen) atoms. The van der Waals surface area contributed by atoms with Crippen molar-refractivity contribution in [3.63, 3.8) is 0 Å². The van der Waals surface area contributed by atoms with Gasteiger partial charge in [-0.15, -0.1) is 0 Å². The Morgan fingerprint density at radius 3 is 2.33 bits per heavy atom. The van der Waals surface area contributed by atoms with E-state index >= 15 is 0 Å². The van der Waals surface area contributed by atoms with E-state index in [4.69, 9.17) is 10.5 Å². The fourth-order valence-corrected chi connectivity index (χ4v) is 2.90. The van der Waals surface area contributed by atoms with Crippen LogP contribution in [0.1, 0.15) is 36.5 Å². The van der Waals surface area contributed by atoms with Crippen LogP contribution in [-0.2, 0) is 0 Å². The quantitative estimate of drug-likeness (QED) is 0.571. The molecule has 122 valence electrons. The van der Waals surface area contributed by atoms with E-state index in [2.05, 4.69) is 44.3 Å². The smallest absolute Gasteiger partial charge is 0.141 e. The normalized spacial score (nSPS) is 11.0. The molecule has 0 spiro atoms. The number of nitrogen functional groups attached to an aromatic ring is 1. The molecule has 0 radical (unpaired) electrons. The Balaban J connectivity index is 2.08. The predicted molar refractivity (Wildman–Crippen MR) is 103 cm³/mol. The summed E-state index contributed by atoms with van der Waals surface area (Å²) in [7, 11) is 0. The van der Waals surface area contributed by atoms with Crippen LogP contribution in [0.15, 0.2) is 49.7 Å². The van der Waals surface area contributed by atoms with Gasteiger partial charge in [0.1, 0.15) is 11.5 Å². The van der Waals surface area contributed by atoms with Crippen molar-refractivity contribution in [2.45, 2.75) is 19.8 Å². The van der Waals surface area contributed by atoms with Gasteiger partial charge in [0.05, 0.1) is 0 Å². The zero-order chi connectivity index (χ0) is 17.3. The van der Waals surface area contributed by atoms with Crippen LogP contribution in [0.3, 0.4) is 0 Å². The van der Waals surface area contributed by atoms with Crippen LogP contribution >= 0.6 is 0 Å². The lowest BCUT2D eigenvalue weighted by atomic mass is 10.0. The summed E-state index contributed by atoms with van der Waals surface area (Å²) in [6.07, 6.45) is 5.55. The number of aromatic amines is 1. The van der Waals surface area contributed by atoms with Crippen molar-refractivity contribution in [3.8, 4) is 11.5 Å². The molecule has 3 aromatic rings. The summed E-state index contributed by atoms with van der Waals surface area (Å²) in [5, 5.41) is 1.18. The fraction of sp³-hybridized carbons (Fsp3) is 0.143. The maximum atomic E-state index is 6.18. The molecule has 0 atom stereocenters. The number of anilines is 1. The first kappa shape index (κ1) is 15.9. The van der Waals surface area contributed by atoms with E-state index in [1.54, 1.807) is 12.2 Å². The molecule has 2 aromatic carbocycles. The third-order valence-electron chi connectivity index (χ3n) is 4.14. The Labute approximate surface area is 142 Å². The molecular formula is C21H22N2O. The van der Waals surface area contributed by atoms with Gasteiger partial charge in [-0.2, -0.15) is 0 Å². The standard InChI is InChI=1S/C21H22N2O/c1-5-14-9-16(22)10-15(6-2)21(14)24-17-7-8-20-18(11-17)19(12-23-20)13(3)4/h5-13,23H,1-2,22H2,3-4H3. The molecule has 0 saturated heterocycles. The molecule has 0 saturated carbocycles. The highest BCUT2D eigenvalue weighted by Gasteiger charge is 2.12. The molecule has 3 rings (SSSR count). The number of rotatable bonds is 5. The Morgan fingerprint density at radius 2 is 1.75 bits per heavy atom. The van der Waals surface area contributed by atoms with Crippen LogP contribution in [0.4, 0.5) is 5.69 Å². The van der Waals surface area contributed by atoms with E-state index in [0.29, 0.717) is 11.6 Å². The topological polar surface area (TPSA) is 51.0 Å². The zero-order valence-corrected chi connectivity index (χ0v) is 14.1. The monoisotopic (exact) mass is 318 g/mol. The number of nitrogens with one attached hydrogen (secondary N) is 1. The van der Waals surface area contributed by atoms with Crippen LogP contribution in [0.5, 0.6) is 11.5 Å². The minimum atomic E-state index is 0.443. The van der Waals surface area contributed by atoms with Crippen LogP contribution in [0.2, 0.25) is 0 Å². The summed E-state index contributed by atoms with van der Waals surface area (Å²) in [5.74, 6) is 1.94. The summed E-state index contributed by atoms with van der Waals surface area (Å²) >= 11 is 0. The molecular weight excluding hydrogens is 296 g/mol. The summed E-state index contributed by atoms with van der Waals surface area (Å²) in [6, 6.07) is 9.76. The minimum absolute atomic E-state index is 0.443. The maximum Gasteiger partial charge on any atom is 0.141 e. The van der Waals surface area contributed by atoms with Crippen molar-refractivity contribution < 1.29 is 4.74 Å². The van der Waals surface area contributed by atoms with Crippen molar-refractivity contribution in [1.29, 1.82) is 0 Å². The summed E-state index contributed by atoms with van der Waals surface area (Å²) < 4.78 is 6.18. The number of hydrogen-bond acceptors (Lipinski definition) is 2. The van der Waals surface area contributed by atoms with Crippen molar-refractivity contribution in [1.82, 2.24) is 4.98 Å². The summed E-state index contributed by atoms with van der Waals surface area (Å²) in [4.78, 5) is 3.31. The minimum Gasteiger partial charge on any atom is -0.456 e. The molecule has 0 aliphatic rings. The lowest BCUT2D eigenvalue weighted by molar-refractivity contribution is 0.481. The van der Waals surface area contributed by atoms with Crippen molar-refractivity contribution in [2.24, 2.45) is 0 Å². The third kappa shape index (κ3) is 2.81. The molecule has 0 aliphatic carbocycles. The highest BCUT2D eigenvalue weighted by atomic mass is 16.5. The van der Waals surface area contributed by atoms with Crippen molar-refractivity contribution >= 4 is 28.7 Å². The van der Waals surface area contributed by atoms with Gasteiger partial charge in [0.25, 0.3) is 0 Å². The molecule has 3 N–H and O–H groups in total. The largest absolute Gasteiger partial charge is 0.456 e. The molecule has 0 amide bonds. The molecule has 1 heterocycles. The first-order chi connectivity index (χ1) is 11.5. The number of hydrogen-bond donors (Lipinski definition) is 2. The predicted octanol–water partition coefficient (Wildman–Crippen LogP) is 5.95. The van der Waals surface area contributed by atoms with Gasteiger partial charge < -0.3 is 15.5 Å². The lowest BCUT2D eigenvalue weighted by Crippen LogP contribution is -1.95. The highest BCUT2D eigenvalue weighted by molar-refractivity contribution is 5.85. The van der Waals surface area contributed by atoms with E-state index < -0.39 is 0 Å². The Bertz CT molecular complexity index is 890. The Hall–Kier alpha value is -2.94. The third-order valence-corrected chi connectivity index (χ3v) is 4.14. The van der Waals surface area contributed by atoms with Gasteiger partial charge in [-0.05, 0) is 41.8 Å². The summed E-state index contributed by atoms with van der Waals surface area (Å²) in [6.45, 7) is 12.1. The van der Waals surface area contributed by atoms with Crippen LogP contribution < -0.4 is 10.5 Å². The average molecular weight is 318 g/mol. The molecule has 0 unspecified atom stereocenters. The van der Waals surface area contributed by atoms with E-state index in [0.717, 1.165) is 28.1 Å². The number of H-pyrrole nitrogens is 1. The first-order valence-electron chi connectivity index (χ1n) is 8.00. The number of nitrogens with two attached hydrogens (primary N) is 1. The first-order valence-corrected chi connectivity index (χ1v) is 8.00. The second-order valence-electron chi connectivity index (χ2n) is 6.14. The van der Waals surface area contributed by atoms with Crippen molar-refractivity contribution in [2.75, 3.05) is 5.73 Å². The fourth-order valence-electron chi connectivity index (χ4n) is 2.90. The Morgan fingerprint density at radius 1 is 1.08 bits per heavy atom. The summed E-state index contributed by atoms with van der Waals surface area (Å²) in [5.41, 5.74) is 10.7. The van der Waals surface area contributed by atoms with Gasteiger partial charge >= 0.3 is 0 Å².